The summed E-state index contributed by atoms with van der Waals surface area (Å²) in [5.74, 6) is -1.43. The van der Waals surface area contributed by atoms with Crippen LogP contribution >= 0.6 is 0 Å². The van der Waals surface area contributed by atoms with E-state index in [-0.39, 0.29) is 57.6 Å². The van der Waals surface area contributed by atoms with Gasteiger partial charge in [-0.25, -0.2) is 9.59 Å². The second kappa shape index (κ2) is 26.9. The van der Waals surface area contributed by atoms with E-state index in [4.69, 9.17) is 25.4 Å². The summed E-state index contributed by atoms with van der Waals surface area (Å²) in [6.45, 7) is 9.25. The van der Waals surface area contributed by atoms with Gasteiger partial charge in [0, 0.05) is 6.54 Å². The summed E-state index contributed by atoms with van der Waals surface area (Å²) >= 11 is 0. The maximum atomic E-state index is 12.8. The second-order valence-corrected chi connectivity index (χ2v) is 11.4. The quantitative estimate of drug-likeness (QED) is 0.0538. The van der Waals surface area contributed by atoms with Gasteiger partial charge in [-0.3, -0.25) is 19.3 Å². The lowest BCUT2D eigenvalue weighted by molar-refractivity contribution is -0.143. The number of terminal acetylenes is 1. The molecule has 0 aromatic rings. The van der Waals surface area contributed by atoms with Crippen molar-refractivity contribution in [3.63, 3.8) is 0 Å². The van der Waals surface area contributed by atoms with E-state index in [0.717, 1.165) is 0 Å². The van der Waals surface area contributed by atoms with Gasteiger partial charge in [0.05, 0.1) is 65.9 Å². The highest BCUT2D eigenvalue weighted by molar-refractivity contribution is 5.88. The number of nitrogens with one attached hydrogen (secondary N) is 3. The van der Waals surface area contributed by atoms with Crippen LogP contribution in [0.4, 0.5) is 0 Å². The lowest BCUT2D eigenvalue weighted by Gasteiger charge is -2.23. The van der Waals surface area contributed by atoms with E-state index in [1.165, 1.54) is 4.90 Å². The third-order valence-electron chi connectivity index (χ3n) is 6.30. The van der Waals surface area contributed by atoms with Crippen molar-refractivity contribution in [1.29, 1.82) is 0 Å². The monoisotopic (exact) mass is 658 g/mol. The Morgan fingerprint density at radius 3 is 1.41 bits per heavy atom. The van der Waals surface area contributed by atoms with Crippen molar-refractivity contribution >= 4 is 29.7 Å². The second-order valence-electron chi connectivity index (χ2n) is 11.4. The van der Waals surface area contributed by atoms with Crippen molar-refractivity contribution < 1.29 is 53.1 Å². The van der Waals surface area contributed by atoms with Gasteiger partial charge in [-0.15, -0.1) is 6.42 Å². The molecule has 5 N–H and O–H groups in total. The fraction of sp³-hybridized carbons (Fsp3) is 0.774. The van der Waals surface area contributed by atoms with Crippen molar-refractivity contribution in [3.8, 4) is 12.3 Å². The van der Waals surface area contributed by atoms with E-state index in [1.54, 1.807) is 0 Å². The number of carbonyl (C=O) groups excluding carboxylic acids is 3. The number of aliphatic carboxylic acids is 2. The van der Waals surface area contributed by atoms with Crippen LogP contribution in [0.15, 0.2) is 0 Å². The molecule has 264 valence electrons. The van der Waals surface area contributed by atoms with Gasteiger partial charge in [-0.05, 0) is 37.5 Å². The first kappa shape index (κ1) is 42.7. The molecule has 0 aliphatic heterocycles. The molecule has 0 bridgehead atoms. The van der Waals surface area contributed by atoms with Gasteiger partial charge in [0.1, 0.15) is 18.7 Å². The molecular weight excluding hydrogens is 604 g/mol. The minimum absolute atomic E-state index is 0.151. The minimum atomic E-state index is -1.19. The molecule has 46 heavy (non-hydrogen) atoms. The topological polar surface area (TPSA) is 202 Å². The number of rotatable bonds is 29. The molecule has 0 aromatic carbocycles. The number of carboxylic acids is 2. The molecule has 0 fully saturated rings. The predicted molar refractivity (Wildman–Crippen MR) is 169 cm³/mol. The maximum Gasteiger partial charge on any atom is 0.326 e. The summed E-state index contributed by atoms with van der Waals surface area (Å²) in [7, 11) is 0. The first-order chi connectivity index (χ1) is 21.8. The van der Waals surface area contributed by atoms with Gasteiger partial charge in [-0.1, -0.05) is 33.6 Å². The molecule has 2 atom stereocenters. The van der Waals surface area contributed by atoms with E-state index >= 15 is 0 Å². The first-order valence-corrected chi connectivity index (χ1v) is 15.6. The van der Waals surface area contributed by atoms with Gasteiger partial charge in [0.25, 0.3) is 0 Å². The number of carboxylic acid groups (broad SMARTS) is 2. The molecular formula is C31H54N4O11. The Morgan fingerprint density at radius 1 is 0.630 bits per heavy atom. The summed E-state index contributed by atoms with van der Waals surface area (Å²) in [5, 5.41) is 26.6. The predicted octanol–water partition coefficient (Wildman–Crippen LogP) is 0.115. The SMILES string of the molecule is C#CCOCCOCCOCCOCCNC(=O)CN(CC(=O)NC(CCC(C)C)C(=O)O)CC(=O)N[C@H](CCC(C)C)C(=O)O. The van der Waals surface area contributed by atoms with Crippen LogP contribution in [0.3, 0.4) is 0 Å². The van der Waals surface area contributed by atoms with Gasteiger partial charge in [0.2, 0.25) is 17.7 Å². The Bertz CT molecular complexity index is 894. The van der Waals surface area contributed by atoms with Crippen LogP contribution < -0.4 is 16.0 Å². The largest absolute Gasteiger partial charge is 0.480 e. The first-order valence-electron chi connectivity index (χ1n) is 15.6. The van der Waals surface area contributed by atoms with Crippen LogP contribution in [-0.2, 0) is 42.9 Å². The molecule has 0 aromatic heterocycles. The average molecular weight is 659 g/mol. The molecule has 0 saturated carbocycles. The number of hydrogen-bond donors (Lipinski definition) is 5. The minimum Gasteiger partial charge on any atom is -0.480 e. The average Bonchev–Trinajstić information content (AvgIpc) is 2.96. The zero-order valence-electron chi connectivity index (χ0n) is 27.7. The standard InChI is InChI=1S/C31H54N4O11/c1-6-12-43-14-16-45-18-19-46-17-15-44-13-11-32-27(36)20-35(21-28(37)33-25(30(39)40)9-7-23(2)3)22-29(38)34-26(31(41)42)10-8-24(4)5/h1,23-26H,7-22H2,2-5H3,(H,32,36)(H,33,37)(H,34,38)(H,39,40)(H,41,42)/t25-,26?/m1/s1. The van der Waals surface area contributed by atoms with Crippen molar-refractivity contribution in [2.75, 3.05) is 79.0 Å². The number of amides is 3. The highest BCUT2D eigenvalue weighted by Gasteiger charge is 2.25. The highest BCUT2D eigenvalue weighted by atomic mass is 16.6. The summed E-state index contributed by atoms with van der Waals surface area (Å²) in [6.07, 6.45) is 6.67. The Morgan fingerprint density at radius 2 is 1.02 bits per heavy atom. The van der Waals surface area contributed by atoms with Crippen LogP contribution in [-0.4, -0.2) is 136 Å². The summed E-state index contributed by atoms with van der Waals surface area (Å²) in [5.41, 5.74) is 0. The lowest BCUT2D eigenvalue weighted by atomic mass is 10.0. The third-order valence-corrected chi connectivity index (χ3v) is 6.30. The van der Waals surface area contributed by atoms with Crippen LogP contribution in [0, 0.1) is 24.2 Å². The zero-order chi connectivity index (χ0) is 34.7. The molecule has 1 unspecified atom stereocenters. The van der Waals surface area contributed by atoms with Gasteiger partial charge >= 0.3 is 11.9 Å². The maximum absolute atomic E-state index is 12.8. The Kier molecular flexibility index (Phi) is 25.0. The van der Waals surface area contributed by atoms with Gasteiger partial charge < -0.3 is 45.1 Å². The number of ether oxygens (including phenoxy) is 4. The molecule has 0 rings (SSSR count). The molecule has 0 saturated heterocycles. The molecule has 15 heteroatoms. The van der Waals surface area contributed by atoms with Gasteiger partial charge in [-0.2, -0.15) is 0 Å². The molecule has 0 heterocycles. The lowest BCUT2D eigenvalue weighted by Crippen LogP contribution is -2.51. The smallest absolute Gasteiger partial charge is 0.326 e. The van der Waals surface area contributed by atoms with Crippen LogP contribution in [0.1, 0.15) is 53.4 Å². The summed E-state index contributed by atoms with van der Waals surface area (Å²) in [6, 6.07) is -2.25. The van der Waals surface area contributed by atoms with Crippen molar-refractivity contribution in [1.82, 2.24) is 20.9 Å². The Labute approximate surface area is 272 Å². The zero-order valence-corrected chi connectivity index (χ0v) is 27.7. The molecule has 3 amide bonds. The normalized spacial score (nSPS) is 12.5. The summed E-state index contributed by atoms with van der Waals surface area (Å²) < 4.78 is 21.2. The third kappa shape index (κ3) is 25.0. The summed E-state index contributed by atoms with van der Waals surface area (Å²) in [4.78, 5) is 62.7. The van der Waals surface area contributed by atoms with Gasteiger partial charge in [0.15, 0.2) is 0 Å². The molecule has 0 aliphatic carbocycles. The fourth-order valence-electron chi connectivity index (χ4n) is 3.88. The highest BCUT2D eigenvalue weighted by Crippen LogP contribution is 2.08. The van der Waals surface area contributed by atoms with E-state index < -0.39 is 54.8 Å². The molecule has 0 spiro atoms. The van der Waals surface area contributed by atoms with Crippen LogP contribution in [0.2, 0.25) is 0 Å². The van der Waals surface area contributed by atoms with E-state index in [0.29, 0.717) is 45.9 Å². The number of hydrogen-bond acceptors (Lipinski definition) is 10. The van der Waals surface area contributed by atoms with Crippen molar-refractivity contribution in [3.05, 3.63) is 0 Å². The Balaban J connectivity index is 4.83. The molecule has 0 radical (unpaired) electrons. The molecule has 15 nitrogen and oxygen atoms in total. The Hall–Kier alpha value is -3.29. The molecule has 0 aliphatic rings. The van der Waals surface area contributed by atoms with E-state index in [1.807, 2.05) is 27.7 Å². The number of carbonyl (C=O) groups is 5. The van der Waals surface area contributed by atoms with Crippen LogP contribution in [0.25, 0.3) is 0 Å². The van der Waals surface area contributed by atoms with E-state index in [2.05, 4.69) is 21.9 Å². The number of nitrogens with zero attached hydrogens (tertiary/aromatic N) is 1. The van der Waals surface area contributed by atoms with Crippen molar-refractivity contribution in [2.45, 2.75) is 65.5 Å². The van der Waals surface area contributed by atoms with Crippen molar-refractivity contribution in [2.24, 2.45) is 11.8 Å². The van der Waals surface area contributed by atoms with E-state index in [9.17, 15) is 34.2 Å². The van der Waals surface area contributed by atoms with Crippen LogP contribution in [0.5, 0.6) is 0 Å². The fourth-order valence-corrected chi connectivity index (χ4v) is 3.88.